The molecule has 0 rings (SSSR count). The number of hydrogen-bond acceptors (Lipinski definition) is 6. The molecule has 11 heteroatoms. The van der Waals surface area contributed by atoms with Gasteiger partial charge in [-0.1, -0.05) is 0 Å². The van der Waals surface area contributed by atoms with Crippen molar-refractivity contribution in [3.05, 3.63) is 0 Å². The zero-order chi connectivity index (χ0) is 15.2. The molecule has 0 aliphatic carbocycles. The van der Waals surface area contributed by atoms with E-state index < -0.39 is 34.4 Å². The van der Waals surface area contributed by atoms with Crippen molar-refractivity contribution >= 4 is 40.4 Å². The maximum atomic E-state index is 8.91. The molecule has 0 aliphatic rings. The van der Waals surface area contributed by atoms with Crippen molar-refractivity contribution in [2.45, 2.75) is 10.3 Å². The summed E-state index contributed by atoms with van der Waals surface area (Å²) in [5.74, 6) is 0. The molecule has 0 radical (unpaired) electrons. The summed E-state index contributed by atoms with van der Waals surface area (Å²) in [6, 6.07) is 9.81. The summed E-state index contributed by atoms with van der Waals surface area (Å²) in [7, 11) is -2.88. The van der Waals surface area contributed by atoms with Crippen molar-refractivity contribution in [3.63, 3.8) is 0 Å². The molecule has 0 aromatic heterocycles. The number of rotatable bonds is 4. The van der Waals surface area contributed by atoms with Gasteiger partial charge in [-0.05, 0) is 0 Å². The molecule has 0 fully saturated rings. The van der Waals surface area contributed by atoms with Crippen LogP contribution in [0.5, 0.6) is 0 Å². The standard InChI is InChI=1S/2C4HN3P.2BrH.Pd/c2*5-1-4(8,2-6)3-7;;;/h2*8H;2*1H;/q2*-1;;;+4/p-2. The van der Waals surface area contributed by atoms with Crippen molar-refractivity contribution in [2.24, 2.45) is 0 Å². The summed E-state index contributed by atoms with van der Waals surface area (Å²) >= 11 is 6.57. The van der Waals surface area contributed by atoms with Crippen LogP contribution in [0, 0.1) is 68.0 Å². The average molecular weight is 510 g/mol. The number of nitrogens with zero attached hydrogens (tertiary/aromatic N) is 6. The predicted molar refractivity (Wildman–Crippen MR) is 73.6 cm³/mol. The van der Waals surface area contributed by atoms with E-state index in [1.54, 1.807) is 36.4 Å². The van der Waals surface area contributed by atoms with Gasteiger partial charge in [-0.3, -0.25) is 0 Å². The molecule has 0 saturated carbocycles. The Morgan fingerprint density at radius 1 is 0.632 bits per heavy atom. The van der Waals surface area contributed by atoms with Crippen LogP contribution in [0.15, 0.2) is 0 Å². The summed E-state index contributed by atoms with van der Waals surface area (Å²) in [6.45, 7) is -0.876. The maximum absolute atomic E-state index is 8.91. The van der Waals surface area contributed by atoms with Gasteiger partial charge in [-0.2, -0.15) is 0 Å². The molecule has 0 amide bonds. The fourth-order valence-electron chi connectivity index (χ4n) is 0.574. The van der Waals surface area contributed by atoms with Crippen LogP contribution in [0.4, 0.5) is 0 Å². The van der Waals surface area contributed by atoms with E-state index in [4.69, 9.17) is 31.6 Å². The summed E-state index contributed by atoms with van der Waals surface area (Å²) in [5, 5.41) is 49.8. The average Bonchev–Trinajstić information content (AvgIpc) is 2.42. The van der Waals surface area contributed by atoms with Crippen LogP contribution >= 0.6 is 40.4 Å². The van der Waals surface area contributed by atoms with Gasteiger partial charge in [0.1, 0.15) is 0 Å². The van der Waals surface area contributed by atoms with Crippen LogP contribution in [0.25, 0.3) is 0 Å². The van der Waals surface area contributed by atoms with Gasteiger partial charge in [0.05, 0.1) is 0 Å². The molecule has 2 unspecified atom stereocenters. The molecule has 98 valence electrons. The Bertz CT molecular complexity index is 496. The molecular formula is C8H2Br2N6P2Pd. The zero-order valence-electron chi connectivity index (χ0n) is 8.76. The summed E-state index contributed by atoms with van der Waals surface area (Å²) in [5.41, 5.74) is 0. The van der Waals surface area contributed by atoms with Gasteiger partial charge in [-0.15, -0.1) is 0 Å². The zero-order valence-corrected chi connectivity index (χ0v) is 15.5. The van der Waals surface area contributed by atoms with Gasteiger partial charge in [0.15, 0.2) is 0 Å². The molecule has 0 N–H and O–H groups in total. The molecule has 0 heterocycles. The van der Waals surface area contributed by atoms with Crippen LogP contribution < -0.4 is 0 Å². The molecule has 19 heavy (non-hydrogen) atoms. The Balaban J connectivity index is 5.40. The third-order valence-corrected chi connectivity index (χ3v) is 21.1. The first kappa shape index (κ1) is 18.4. The molecule has 0 aromatic carbocycles. The van der Waals surface area contributed by atoms with Gasteiger partial charge < -0.3 is 0 Å². The van der Waals surface area contributed by atoms with Crippen molar-refractivity contribution in [1.29, 1.82) is 31.6 Å². The van der Waals surface area contributed by atoms with Crippen LogP contribution in [-0.2, 0) is 10.5 Å². The quantitative estimate of drug-likeness (QED) is 0.420. The Kier molecular flexibility index (Phi) is 7.05. The van der Waals surface area contributed by atoms with Gasteiger partial charge in [0, 0.05) is 0 Å². The summed E-state index contributed by atoms with van der Waals surface area (Å²) in [6.07, 6.45) is 0. The molecule has 6 nitrogen and oxygen atoms in total. The minimum atomic E-state index is -2.88. The summed E-state index contributed by atoms with van der Waals surface area (Å²) in [4.78, 5) is 0. The van der Waals surface area contributed by atoms with E-state index in [1.807, 2.05) is 0 Å². The first-order valence-corrected chi connectivity index (χ1v) is 17.3. The first-order valence-electron chi connectivity index (χ1n) is 3.90. The second-order valence-corrected chi connectivity index (χ2v) is 39.9. The third-order valence-electron chi connectivity index (χ3n) is 1.44. The topological polar surface area (TPSA) is 143 Å². The van der Waals surface area contributed by atoms with Crippen molar-refractivity contribution in [1.82, 2.24) is 0 Å². The van der Waals surface area contributed by atoms with Crippen LogP contribution in [0.3, 0.4) is 0 Å². The monoisotopic (exact) mass is 508 g/mol. The molecule has 0 aromatic rings. The SMILES string of the molecule is N#CC(C#N)(C#N)[PH][Pd]([Br])([Br])[PH]C(C#N)(C#N)C#N. The van der Waals surface area contributed by atoms with Crippen molar-refractivity contribution in [2.75, 3.05) is 0 Å². The van der Waals surface area contributed by atoms with Crippen molar-refractivity contribution < 1.29 is 10.5 Å². The van der Waals surface area contributed by atoms with Gasteiger partial charge >= 0.3 is 129 Å². The minimum absolute atomic E-state index is 0.438. The summed E-state index contributed by atoms with van der Waals surface area (Å²) < 4.78 is 0. The van der Waals surface area contributed by atoms with E-state index in [9.17, 15) is 0 Å². The van der Waals surface area contributed by atoms with Gasteiger partial charge in [-0.25, -0.2) is 0 Å². The molecular weight excluding hydrogens is 508 g/mol. The molecule has 0 bridgehead atoms. The van der Waals surface area contributed by atoms with E-state index in [1.165, 1.54) is 0 Å². The molecule has 0 saturated heterocycles. The number of hydrogen-bond donors (Lipinski definition) is 0. The Labute approximate surface area is 128 Å². The Morgan fingerprint density at radius 3 is 1.00 bits per heavy atom. The number of nitriles is 6. The normalized spacial score (nSPS) is 12.8. The first-order chi connectivity index (χ1) is 8.78. The third kappa shape index (κ3) is 4.79. The van der Waals surface area contributed by atoms with Gasteiger partial charge in [0.2, 0.25) is 0 Å². The molecule has 2 atom stereocenters. The molecule has 0 spiro atoms. The number of halogens is 2. The fourth-order valence-corrected chi connectivity index (χ4v) is 25.9. The van der Waals surface area contributed by atoms with E-state index in [-0.39, 0.29) is 0 Å². The second-order valence-electron chi connectivity index (χ2n) is 2.69. The second kappa shape index (κ2) is 7.27. The van der Waals surface area contributed by atoms with Crippen LogP contribution in [0.2, 0.25) is 0 Å². The van der Waals surface area contributed by atoms with Crippen LogP contribution in [-0.4, -0.2) is 10.3 Å². The van der Waals surface area contributed by atoms with E-state index in [0.717, 1.165) is 0 Å². The van der Waals surface area contributed by atoms with E-state index in [2.05, 4.69) is 26.9 Å². The van der Waals surface area contributed by atoms with E-state index in [0.29, 0.717) is 0 Å². The predicted octanol–water partition coefficient (Wildman–Crippen LogP) is 2.57. The van der Waals surface area contributed by atoms with Crippen molar-refractivity contribution in [3.8, 4) is 36.4 Å². The Morgan fingerprint density at radius 2 is 0.842 bits per heavy atom. The van der Waals surface area contributed by atoms with Gasteiger partial charge in [0.25, 0.3) is 0 Å². The Hall–Kier alpha value is -0.578. The molecule has 0 aliphatic heterocycles. The van der Waals surface area contributed by atoms with E-state index >= 15 is 0 Å². The fraction of sp³-hybridized carbons (Fsp3) is 0.250. The van der Waals surface area contributed by atoms with Crippen LogP contribution in [0.1, 0.15) is 0 Å².